The molecule has 21 aromatic rings. The molecular formula is C111H65Br6N3O. The maximum absolute atomic E-state index is 12.9. The van der Waals surface area contributed by atoms with Crippen LogP contribution in [-0.4, -0.2) is 18.8 Å². The van der Waals surface area contributed by atoms with Crippen LogP contribution in [0.2, 0.25) is 0 Å². The number of hydrogen-bond acceptors (Lipinski definition) is 1. The Morgan fingerprint density at radius 3 is 0.992 bits per heavy atom. The Morgan fingerprint density at radius 2 is 0.504 bits per heavy atom. The summed E-state index contributed by atoms with van der Waals surface area (Å²) in [5, 5.41) is 20.4. The van der Waals surface area contributed by atoms with Crippen molar-refractivity contribution in [2.45, 2.75) is 16.4 Å². The molecule has 5 aliphatic rings. The first kappa shape index (κ1) is 73.1. The Hall–Kier alpha value is -11.8. The summed E-state index contributed by atoms with van der Waals surface area (Å²) in [7, 11) is 0. The fourth-order valence-electron chi connectivity index (χ4n) is 21.6. The topological polar surface area (TPSA) is 35.0 Å². The molecule has 0 unspecified atom stereocenters. The number of rotatable bonds is 5. The molecule has 0 radical (unpaired) electrons. The van der Waals surface area contributed by atoms with Gasteiger partial charge in [0.25, 0.3) is 0 Å². The van der Waals surface area contributed by atoms with Crippen molar-refractivity contribution in [3.8, 4) is 83.8 Å². The highest BCUT2D eigenvalue weighted by Gasteiger charge is 2.55. The number of nitrogens with zero attached hydrogens (tertiary/aromatic N) is 3. The first-order valence-electron chi connectivity index (χ1n) is 40.5. The summed E-state index contributed by atoms with van der Waals surface area (Å²) in [6.07, 6.45) is 0. The molecule has 0 atom stereocenters. The van der Waals surface area contributed by atoms with Crippen molar-refractivity contribution in [3.05, 3.63) is 476 Å². The minimum Gasteiger partial charge on any atom is -0.376 e. The highest BCUT2D eigenvalue weighted by molar-refractivity contribution is 9.11. The summed E-state index contributed by atoms with van der Waals surface area (Å²) in [6, 6.07) is 140. The Bertz CT molecular complexity index is 7810. The molecule has 3 heterocycles. The van der Waals surface area contributed by atoms with Gasteiger partial charge in [0.15, 0.2) is 0 Å². The van der Waals surface area contributed by atoms with Crippen LogP contribution in [-0.2, 0) is 16.4 Å². The highest BCUT2D eigenvalue weighted by Crippen LogP contribution is 2.68. The molecule has 572 valence electrons. The minimum atomic E-state index is -1.32. The molecule has 0 saturated carbocycles. The van der Waals surface area contributed by atoms with E-state index >= 15 is 0 Å². The number of fused-ring (bicyclic) bond motifs is 33. The molecule has 0 fully saturated rings. The summed E-state index contributed by atoms with van der Waals surface area (Å²) in [5.41, 5.74) is 36.6. The van der Waals surface area contributed by atoms with Gasteiger partial charge in [0.1, 0.15) is 5.60 Å². The van der Waals surface area contributed by atoms with Crippen molar-refractivity contribution in [2.24, 2.45) is 0 Å². The molecule has 3 aromatic heterocycles. The monoisotopic (exact) mass is 1930 g/mol. The Labute approximate surface area is 749 Å². The number of halogens is 6. The molecule has 121 heavy (non-hydrogen) atoms. The molecule has 10 heteroatoms. The van der Waals surface area contributed by atoms with Gasteiger partial charge < -0.3 is 18.8 Å². The molecule has 26 rings (SSSR count). The average molecular weight is 1940 g/mol. The van der Waals surface area contributed by atoms with Crippen LogP contribution < -0.4 is 0 Å². The van der Waals surface area contributed by atoms with Crippen molar-refractivity contribution in [1.82, 2.24) is 13.7 Å². The number of aliphatic hydroxyl groups is 1. The zero-order chi connectivity index (χ0) is 80.9. The first-order valence-corrected chi connectivity index (χ1v) is 45.3. The van der Waals surface area contributed by atoms with Gasteiger partial charge in [-0.25, -0.2) is 0 Å². The van der Waals surface area contributed by atoms with Crippen molar-refractivity contribution in [2.75, 3.05) is 0 Å². The smallest absolute Gasteiger partial charge is 0.142 e. The standard InChI is InChI=1S/C37H23Br2NO.2C37H21Br2N/c38-24-15-17-28-29-18-16-25(39)22-34(29)37(41,33(28)21-24)32-12-6-4-10-27(32)23-14-19-36-31(20-23)30-11-5-7-13-35(30)40(36)26-8-2-1-3-9-26;38-22-14-16-26-27-17-15-23(39)19-33(27)37(32(26)18-22)31-12-6-4-10-25(31)29-20-30-28-11-5-7-13-35(28)40(36(30)21-34(29)37)24-8-2-1-3-9-24;38-22-14-16-26-27-17-15-23(39)21-32(27)37(31(26)20-22)30-12-6-4-10-25(30)28-18-19-34-35(36(28)37)29-11-5-7-13-33(29)40(34)24-8-2-1-3-9-24/h1-22,41H;2*1-21H. The third-order valence-corrected chi connectivity index (χ3v) is 29.1. The molecule has 0 amide bonds. The fourth-order valence-corrected chi connectivity index (χ4v) is 23.7. The quantitative estimate of drug-likeness (QED) is 0.183. The van der Waals surface area contributed by atoms with E-state index in [4.69, 9.17) is 0 Å². The zero-order valence-electron chi connectivity index (χ0n) is 64.5. The van der Waals surface area contributed by atoms with E-state index in [2.05, 4.69) is 473 Å². The van der Waals surface area contributed by atoms with Crippen molar-refractivity contribution in [3.63, 3.8) is 0 Å². The van der Waals surface area contributed by atoms with E-state index in [-0.39, 0.29) is 0 Å². The maximum atomic E-state index is 12.9. The van der Waals surface area contributed by atoms with Gasteiger partial charge in [-0.1, -0.05) is 326 Å². The third-order valence-electron chi connectivity index (χ3n) is 26.2. The van der Waals surface area contributed by atoms with Crippen LogP contribution in [0.25, 0.3) is 149 Å². The molecule has 0 saturated heterocycles. The van der Waals surface area contributed by atoms with Crippen LogP contribution in [0.1, 0.15) is 61.2 Å². The first-order chi connectivity index (χ1) is 59.4. The zero-order valence-corrected chi connectivity index (χ0v) is 74.0. The fraction of sp³-hybridized carbons (Fsp3) is 0.0270. The van der Waals surface area contributed by atoms with Gasteiger partial charge in [-0.05, 0) is 269 Å². The largest absolute Gasteiger partial charge is 0.376 e. The lowest BCUT2D eigenvalue weighted by Crippen LogP contribution is -2.27. The number of benzene rings is 18. The summed E-state index contributed by atoms with van der Waals surface area (Å²) >= 11 is 22.7. The van der Waals surface area contributed by atoms with Crippen LogP contribution in [0.3, 0.4) is 0 Å². The molecule has 0 aliphatic heterocycles. The van der Waals surface area contributed by atoms with Crippen molar-refractivity contribution < 1.29 is 5.11 Å². The second kappa shape index (κ2) is 27.9. The van der Waals surface area contributed by atoms with Crippen LogP contribution in [0.5, 0.6) is 0 Å². The lowest BCUT2D eigenvalue weighted by atomic mass is 9.69. The van der Waals surface area contributed by atoms with Gasteiger partial charge in [0.2, 0.25) is 0 Å². The number of hydrogen-bond donors (Lipinski definition) is 1. The maximum Gasteiger partial charge on any atom is 0.142 e. The molecule has 0 bridgehead atoms. The molecule has 1 N–H and O–H groups in total. The van der Waals surface area contributed by atoms with Gasteiger partial charge in [0.05, 0.1) is 43.9 Å². The lowest BCUT2D eigenvalue weighted by molar-refractivity contribution is 0.131. The minimum absolute atomic E-state index is 0.406. The van der Waals surface area contributed by atoms with Crippen LogP contribution >= 0.6 is 95.6 Å². The van der Waals surface area contributed by atoms with E-state index in [1.807, 2.05) is 24.3 Å². The Kier molecular flexibility index (Phi) is 16.9. The van der Waals surface area contributed by atoms with Gasteiger partial charge in [-0.3, -0.25) is 0 Å². The van der Waals surface area contributed by atoms with E-state index in [9.17, 15) is 5.11 Å². The van der Waals surface area contributed by atoms with Crippen molar-refractivity contribution >= 4 is 161 Å². The highest BCUT2D eigenvalue weighted by atomic mass is 79.9. The third kappa shape index (κ3) is 10.5. The Balaban J connectivity index is 0.000000103. The Morgan fingerprint density at radius 1 is 0.190 bits per heavy atom. The summed E-state index contributed by atoms with van der Waals surface area (Å²) in [6.45, 7) is 0. The van der Waals surface area contributed by atoms with Gasteiger partial charge in [0, 0.05) is 92.9 Å². The summed E-state index contributed by atoms with van der Waals surface area (Å²) < 4.78 is 13.5. The van der Waals surface area contributed by atoms with E-state index < -0.39 is 16.4 Å². The van der Waals surface area contributed by atoms with E-state index in [0.29, 0.717) is 0 Å². The lowest BCUT2D eigenvalue weighted by Gasteiger charge is -2.31. The second-order valence-corrected chi connectivity index (χ2v) is 37.6. The van der Waals surface area contributed by atoms with E-state index in [1.54, 1.807) is 0 Å². The SMILES string of the molecule is Brc1ccc2c(c1)C1(c3cc(Br)ccc3-2)c2ccccc2-c2ccc3c(c21)c1ccccc1n3-c1ccccc1.Brc1ccc2c(c1)C1(c3ccccc3-c3cc4c5ccccc5n(-c5ccccc5)c4cc31)c1cc(Br)ccc1-2.OC1(c2ccccc2-c2ccc3c(c2)c2ccccc2n3-c2ccccc2)c2cc(Br)ccc2-c2ccc(Br)cc21. The van der Waals surface area contributed by atoms with Crippen LogP contribution in [0.4, 0.5) is 0 Å². The molecule has 5 aliphatic carbocycles. The van der Waals surface area contributed by atoms with Crippen molar-refractivity contribution in [1.29, 1.82) is 0 Å². The van der Waals surface area contributed by atoms with Gasteiger partial charge in [-0.15, -0.1) is 0 Å². The number of aromatic nitrogens is 3. The predicted octanol–water partition coefficient (Wildman–Crippen LogP) is 31.5. The molecule has 4 nitrogen and oxygen atoms in total. The second-order valence-electron chi connectivity index (χ2n) is 32.1. The average Bonchev–Trinajstić information content (AvgIpc) is 1.52. The van der Waals surface area contributed by atoms with E-state index in [0.717, 1.165) is 77.0 Å². The molecule has 2 spiro atoms. The van der Waals surface area contributed by atoms with E-state index in [1.165, 1.54) is 160 Å². The molecule has 18 aromatic carbocycles. The van der Waals surface area contributed by atoms with Gasteiger partial charge >= 0.3 is 0 Å². The summed E-state index contributed by atoms with van der Waals surface area (Å²) in [4.78, 5) is 0. The normalized spacial score (nSPS) is 13.8. The number of para-hydroxylation sites is 6. The van der Waals surface area contributed by atoms with Crippen LogP contribution in [0, 0.1) is 0 Å². The molecular weight excluding hydrogens is 1870 g/mol. The predicted molar refractivity (Wildman–Crippen MR) is 521 cm³/mol. The summed E-state index contributed by atoms with van der Waals surface area (Å²) in [5.74, 6) is 0. The van der Waals surface area contributed by atoms with Crippen LogP contribution in [0.15, 0.2) is 415 Å². The van der Waals surface area contributed by atoms with Gasteiger partial charge in [-0.2, -0.15) is 0 Å².